The monoisotopic (exact) mass is 367 g/mol. The maximum Gasteiger partial charge on any atom is 0.236 e. The van der Waals surface area contributed by atoms with E-state index in [0.717, 1.165) is 50.7 Å². The van der Waals surface area contributed by atoms with Gasteiger partial charge in [-0.1, -0.05) is 49.4 Å². The summed E-state index contributed by atoms with van der Waals surface area (Å²) in [5.41, 5.74) is 2.35. The van der Waals surface area contributed by atoms with Crippen molar-refractivity contribution >= 4 is 11.6 Å². The summed E-state index contributed by atoms with van der Waals surface area (Å²) in [5.74, 6) is 1.10. The molecule has 2 aromatic rings. The second-order valence-electron chi connectivity index (χ2n) is 6.83. The van der Waals surface area contributed by atoms with Crippen LogP contribution in [-0.4, -0.2) is 62.1 Å². The van der Waals surface area contributed by atoms with Crippen LogP contribution in [0.25, 0.3) is 0 Å². The van der Waals surface area contributed by atoms with Gasteiger partial charge >= 0.3 is 0 Å². The molecule has 0 aliphatic carbocycles. The number of benzene rings is 2. The fraction of sp³-hybridized carbons (Fsp3) is 0.409. The first-order chi connectivity index (χ1) is 13.2. The van der Waals surface area contributed by atoms with E-state index in [0.29, 0.717) is 6.54 Å². The van der Waals surface area contributed by atoms with Gasteiger partial charge in [-0.2, -0.15) is 0 Å². The number of anilines is 1. The van der Waals surface area contributed by atoms with Crippen LogP contribution in [0.4, 0.5) is 5.69 Å². The first-order valence-corrected chi connectivity index (χ1v) is 9.63. The molecule has 1 amide bonds. The highest BCUT2D eigenvalue weighted by atomic mass is 16.5. The molecule has 1 saturated heterocycles. The van der Waals surface area contributed by atoms with Crippen LogP contribution in [0.1, 0.15) is 12.5 Å². The first kappa shape index (κ1) is 19.2. The molecule has 0 N–H and O–H groups in total. The van der Waals surface area contributed by atoms with Crippen molar-refractivity contribution in [3.05, 3.63) is 60.2 Å². The molecule has 1 heterocycles. The number of ether oxygens (including phenoxy) is 1. The number of para-hydroxylation sites is 2. The van der Waals surface area contributed by atoms with Crippen molar-refractivity contribution < 1.29 is 9.53 Å². The molecular weight excluding hydrogens is 338 g/mol. The Morgan fingerprint density at radius 1 is 1.00 bits per heavy atom. The number of carbonyl (C=O) groups is 1. The van der Waals surface area contributed by atoms with E-state index < -0.39 is 0 Å². The molecule has 0 radical (unpaired) electrons. The summed E-state index contributed by atoms with van der Waals surface area (Å²) in [7, 11) is 1.70. The molecule has 0 bridgehead atoms. The van der Waals surface area contributed by atoms with E-state index in [9.17, 15) is 4.79 Å². The number of methoxy groups -OCH3 is 1. The topological polar surface area (TPSA) is 36.0 Å². The van der Waals surface area contributed by atoms with Gasteiger partial charge in [0, 0.05) is 32.7 Å². The third kappa shape index (κ3) is 5.01. The average Bonchev–Trinajstić information content (AvgIpc) is 2.74. The molecule has 3 rings (SSSR count). The van der Waals surface area contributed by atoms with Gasteiger partial charge in [-0.15, -0.1) is 0 Å². The number of amides is 1. The van der Waals surface area contributed by atoms with Crippen molar-refractivity contribution in [2.24, 2.45) is 0 Å². The zero-order chi connectivity index (χ0) is 19.1. The number of rotatable bonds is 7. The number of likely N-dealkylation sites (N-methyl/N-ethyl adjacent to an activating group) is 1. The molecule has 0 spiro atoms. The minimum atomic E-state index is 0.215. The van der Waals surface area contributed by atoms with Crippen LogP contribution in [0.5, 0.6) is 5.75 Å². The van der Waals surface area contributed by atoms with E-state index in [1.165, 1.54) is 5.56 Å². The van der Waals surface area contributed by atoms with Gasteiger partial charge in [0.05, 0.1) is 19.3 Å². The highest BCUT2D eigenvalue weighted by molar-refractivity contribution is 5.78. The zero-order valence-corrected chi connectivity index (χ0v) is 16.3. The Morgan fingerprint density at radius 3 is 2.33 bits per heavy atom. The molecule has 2 aromatic carbocycles. The van der Waals surface area contributed by atoms with Crippen LogP contribution in [-0.2, 0) is 11.3 Å². The van der Waals surface area contributed by atoms with Crippen LogP contribution >= 0.6 is 0 Å². The fourth-order valence-electron chi connectivity index (χ4n) is 3.50. The minimum absolute atomic E-state index is 0.215. The Kier molecular flexibility index (Phi) is 6.71. The average molecular weight is 367 g/mol. The summed E-state index contributed by atoms with van der Waals surface area (Å²) in [4.78, 5) is 19.2. The van der Waals surface area contributed by atoms with E-state index in [1.54, 1.807) is 7.11 Å². The third-order valence-electron chi connectivity index (χ3n) is 5.11. The summed E-state index contributed by atoms with van der Waals surface area (Å²) in [6.07, 6.45) is 0. The number of hydrogen-bond acceptors (Lipinski definition) is 4. The molecule has 27 heavy (non-hydrogen) atoms. The molecule has 0 atom stereocenters. The van der Waals surface area contributed by atoms with Crippen molar-refractivity contribution in [2.75, 3.05) is 51.3 Å². The molecule has 5 nitrogen and oxygen atoms in total. The van der Waals surface area contributed by atoms with Gasteiger partial charge in [0.1, 0.15) is 5.75 Å². The number of nitrogens with zero attached hydrogens (tertiary/aromatic N) is 3. The number of piperazine rings is 1. The highest BCUT2D eigenvalue weighted by Crippen LogP contribution is 2.28. The van der Waals surface area contributed by atoms with Crippen molar-refractivity contribution in [3.63, 3.8) is 0 Å². The smallest absolute Gasteiger partial charge is 0.236 e. The van der Waals surface area contributed by atoms with Crippen molar-refractivity contribution in [2.45, 2.75) is 13.5 Å². The minimum Gasteiger partial charge on any atom is -0.495 e. The molecule has 1 aliphatic heterocycles. The molecular formula is C22H29N3O2. The quantitative estimate of drug-likeness (QED) is 0.754. The lowest BCUT2D eigenvalue weighted by molar-refractivity contribution is -0.132. The van der Waals surface area contributed by atoms with Crippen LogP contribution in [0.2, 0.25) is 0 Å². The zero-order valence-electron chi connectivity index (χ0n) is 16.3. The van der Waals surface area contributed by atoms with Gasteiger partial charge < -0.3 is 14.5 Å². The molecule has 1 fully saturated rings. The second-order valence-corrected chi connectivity index (χ2v) is 6.83. The van der Waals surface area contributed by atoms with Gasteiger partial charge in [0.15, 0.2) is 0 Å². The van der Waals surface area contributed by atoms with E-state index in [4.69, 9.17) is 4.74 Å². The predicted molar refractivity (Wildman–Crippen MR) is 109 cm³/mol. The van der Waals surface area contributed by atoms with E-state index in [-0.39, 0.29) is 5.91 Å². The summed E-state index contributed by atoms with van der Waals surface area (Å²) < 4.78 is 5.47. The maximum atomic E-state index is 12.8. The molecule has 0 saturated carbocycles. The summed E-state index contributed by atoms with van der Waals surface area (Å²) >= 11 is 0. The van der Waals surface area contributed by atoms with Gasteiger partial charge in [0.2, 0.25) is 5.91 Å². The van der Waals surface area contributed by atoms with Crippen molar-refractivity contribution in [1.82, 2.24) is 9.80 Å². The molecule has 5 heteroatoms. The maximum absolute atomic E-state index is 12.8. The first-order valence-electron chi connectivity index (χ1n) is 9.63. The molecule has 0 unspecified atom stereocenters. The lowest BCUT2D eigenvalue weighted by Gasteiger charge is -2.37. The summed E-state index contributed by atoms with van der Waals surface area (Å²) in [5, 5.41) is 0. The van der Waals surface area contributed by atoms with Crippen LogP contribution in [0.15, 0.2) is 54.6 Å². The second kappa shape index (κ2) is 9.42. The number of hydrogen-bond donors (Lipinski definition) is 0. The summed E-state index contributed by atoms with van der Waals surface area (Å²) in [6.45, 7) is 7.41. The van der Waals surface area contributed by atoms with E-state index in [1.807, 2.05) is 41.3 Å². The Balaban J connectivity index is 1.53. The molecule has 1 aliphatic rings. The van der Waals surface area contributed by atoms with Crippen LogP contribution in [0, 0.1) is 0 Å². The Labute approximate surface area is 162 Å². The Hall–Kier alpha value is -2.53. The largest absolute Gasteiger partial charge is 0.495 e. The van der Waals surface area contributed by atoms with Crippen molar-refractivity contribution in [3.8, 4) is 5.75 Å². The van der Waals surface area contributed by atoms with E-state index in [2.05, 4.69) is 34.9 Å². The van der Waals surface area contributed by atoms with Gasteiger partial charge in [-0.3, -0.25) is 9.69 Å². The van der Waals surface area contributed by atoms with Crippen molar-refractivity contribution in [1.29, 1.82) is 0 Å². The van der Waals surface area contributed by atoms with Gasteiger partial charge in [0.25, 0.3) is 0 Å². The standard InChI is InChI=1S/C22H29N3O2/c1-3-23(17-19-9-5-4-6-10-19)18-22(26)25-15-13-24(14-16-25)20-11-7-8-12-21(20)27-2/h4-12H,3,13-18H2,1-2H3. The lowest BCUT2D eigenvalue weighted by Crippen LogP contribution is -2.51. The fourth-order valence-corrected chi connectivity index (χ4v) is 3.50. The molecule has 0 aromatic heterocycles. The molecule has 144 valence electrons. The van der Waals surface area contributed by atoms with E-state index >= 15 is 0 Å². The normalized spacial score (nSPS) is 14.5. The Bertz CT molecular complexity index is 727. The number of carbonyl (C=O) groups excluding carboxylic acids is 1. The van der Waals surface area contributed by atoms with Crippen LogP contribution < -0.4 is 9.64 Å². The van der Waals surface area contributed by atoms with Crippen LogP contribution in [0.3, 0.4) is 0 Å². The van der Waals surface area contributed by atoms with Gasteiger partial charge in [-0.25, -0.2) is 0 Å². The lowest BCUT2D eigenvalue weighted by atomic mass is 10.2. The predicted octanol–water partition coefficient (Wildman–Crippen LogP) is 2.87. The Morgan fingerprint density at radius 2 is 1.67 bits per heavy atom. The highest BCUT2D eigenvalue weighted by Gasteiger charge is 2.23. The van der Waals surface area contributed by atoms with Gasteiger partial charge in [-0.05, 0) is 24.2 Å². The summed E-state index contributed by atoms with van der Waals surface area (Å²) in [6, 6.07) is 18.4. The third-order valence-corrected chi connectivity index (χ3v) is 5.11. The SMILES string of the molecule is CCN(CC(=O)N1CCN(c2ccccc2OC)CC1)Cc1ccccc1.